The number of hydrogen-bond donors (Lipinski definition) is 1. The van der Waals surface area contributed by atoms with Gasteiger partial charge in [-0.3, -0.25) is 4.79 Å². The highest BCUT2D eigenvalue weighted by atomic mass is 32.2. The Morgan fingerprint density at radius 3 is 2.63 bits per heavy atom. The number of ether oxygens (including phenoxy) is 2. The van der Waals surface area contributed by atoms with Crippen LogP contribution >= 0.6 is 0 Å². The minimum Gasteiger partial charge on any atom is -0.481 e. The molecule has 1 saturated carbocycles. The molecule has 0 spiro atoms. The Kier molecular flexibility index (Phi) is 5.29. The molecule has 148 valence electrons. The second-order valence-electron chi connectivity index (χ2n) is 7.14. The fraction of sp³-hybridized carbons (Fsp3) is 0.556. The van der Waals surface area contributed by atoms with Crippen molar-refractivity contribution in [3.8, 4) is 0 Å². The Bertz CT molecular complexity index is 866. The molecule has 2 aliphatic rings. The van der Waals surface area contributed by atoms with Crippen molar-refractivity contribution in [2.75, 3.05) is 27.3 Å². The van der Waals surface area contributed by atoms with Crippen LogP contribution in [0.1, 0.15) is 35.2 Å². The minimum atomic E-state index is -3.95. The Morgan fingerprint density at radius 2 is 2.04 bits per heavy atom. The molecular formula is C18H23NO7S. The molecule has 1 saturated heterocycles. The SMILES string of the molecule is COCc1cc(C(=O)OC)cc(S(=O)(=O)N2C[C@@H]3CCC[C@@]3(C(=O)O)C2)c1. The molecular weight excluding hydrogens is 374 g/mol. The first-order chi connectivity index (χ1) is 12.7. The number of esters is 1. The zero-order valence-corrected chi connectivity index (χ0v) is 16.1. The molecule has 1 aromatic rings. The lowest BCUT2D eigenvalue weighted by atomic mass is 9.81. The summed E-state index contributed by atoms with van der Waals surface area (Å²) in [5.41, 5.74) is -0.383. The molecule has 1 aliphatic heterocycles. The maximum absolute atomic E-state index is 13.2. The summed E-state index contributed by atoms with van der Waals surface area (Å²) in [4.78, 5) is 23.7. The van der Waals surface area contributed by atoms with Crippen molar-refractivity contribution in [3.63, 3.8) is 0 Å². The van der Waals surface area contributed by atoms with Gasteiger partial charge < -0.3 is 14.6 Å². The number of carboxylic acid groups (broad SMARTS) is 1. The van der Waals surface area contributed by atoms with Crippen molar-refractivity contribution in [2.45, 2.75) is 30.8 Å². The standard InChI is InChI=1S/C18H23NO7S/c1-25-10-12-6-13(16(20)26-2)8-15(7-12)27(23,24)19-9-14-4-3-5-18(14,11-19)17(21)22/h6-8,14H,3-5,9-11H2,1-2H3,(H,21,22)/t14-,18+/m0/s1. The van der Waals surface area contributed by atoms with Crippen molar-refractivity contribution in [1.82, 2.24) is 4.31 Å². The Balaban J connectivity index is 1.99. The molecule has 27 heavy (non-hydrogen) atoms. The van der Waals surface area contributed by atoms with E-state index < -0.39 is 27.4 Å². The van der Waals surface area contributed by atoms with Gasteiger partial charge in [0.25, 0.3) is 0 Å². The van der Waals surface area contributed by atoms with Gasteiger partial charge in [-0.15, -0.1) is 0 Å². The number of sulfonamides is 1. The van der Waals surface area contributed by atoms with Crippen molar-refractivity contribution >= 4 is 22.0 Å². The molecule has 1 heterocycles. The molecule has 0 amide bonds. The highest BCUT2D eigenvalue weighted by Crippen LogP contribution is 2.50. The van der Waals surface area contributed by atoms with Crippen molar-refractivity contribution in [3.05, 3.63) is 29.3 Å². The summed E-state index contributed by atoms with van der Waals surface area (Å²) in [5, 5.41) is 9.69. The summed E-state index contributed by atoms with van der Waals surface area (Å²) in [5.74, 6) is -1.78. The molecule has 1 aliphatic carbocycles. The Labute approximate surface area is 158 Å². The zero-order valence-electron chi connectivity index (χ0n) is 15.3. The Morgan fingerprint density at radius 1 is 1.30 bits per heavy atom. The third-order valence-corrected chi connectivity index (χ3v) is 7.39. The van der Waals surface area contributed by atoms with Gasteiger partial charge in [0.05, 0.1) is 29.6 Å². The molecule has 2 atom stereocenters. The van der Waals surface area contributed by atoms with E-state index in [-0.39, 0.29) is 36.1 Å². The first kappa shape index (κ1) is 19.8. The lowest BCUT2D eigenvalue weighted by Gasteiger charge is -2.23. The molecule has 1 aromatic carbocycles. The van der Waals surface area contributed by atoms with E-state index >= 15 is 0 Å². The number of carbonyl (C=O) groups is 2. The molecule has 3 rings (SSSR count). The van der Waals surface area contributed by atoms with E-state index in [1.165, 1.54) is 36.7 Å². The van der Waals surface area contributed by atoms with Crippen LogP contribution in [-0.4, -0.2) is 57.1 Å². The van der Waals surface area contributed by atoms with Gasteiger partial charge in [-0.25, -0.2) is 13.2 Å². The van der Waals surface area contributed by atoms with Crippen molar-refractivity contribution in [1.29, 1.82) is 0 Å². The average molecular weight is 397 g/mol. The van der Waals surface area contributed by atoms with Crippen LogP contribution in [0.25, 0.3) is 0 Å². The molecule has 0 bridgehead atoms. The van der Waals surface area contributed by atoms with E-state index in [0.29, 0.717) is 18.4 Å². The second-order valence-corrected chi connectivity index (χ2v) is 9.08. The van der Waals surface area contributed by atoms with Crippen LogP contribution < -0.4 is 0 Å². The number of carboxylic acids is 1. The van der Waals surface area contributed by atoms with Gasteiger partial charge in [-0.2, -0.15) is 4.31 Å². The van der Waals surface area contributed by atoms with E-state index in [0.717, 1.165) is 6.42 Å². The maximum atomic E-state index is 13.2. The number of fused-ring (bicyclic) bond motifs is 1. The fourth-order valence-electron chi connectivity index (χ4n) is 4.22. The topological polar surface area (TPSA) is 110 Å². The quantitative estimate of drug-likeness (QED) is 0.724. The van der Waals surface area contributed by atoms with Gasteiger partial charge in [0.15, 0.2) is 0 Å². The monoisotopic (exact) mass is 397 g/mol. The number of carbonyl (C=O) groups excluding carboxylic acids is 1. The van der Waals surface area contributed by atoms with Crippen LogP contribution in [0.3, 0.4) is 0 Å². The zero-order chi connectivity index (χ0) is 19.8. The third kappa shape index (κ3) is 3.35. The smallest absolute Gasteiger partial charge is 0.337 e. The van der Waals surface area contributed by atoms with E-state index in [2.05, 4.69) is 0 Å². The summed E-state index contributed by atoms with van der Waals surface area (Å²) in [7, 11) is -1.26. The lowest BCUT2D eigenvalue weighted by molar-refractivity contribution is -0.149. The van der Waals surface area contributed by atoms with Crippen molar-refractivity contribution in [2.24, 2.45) is 11.3 Å². The van der Waals surface area contributed by atoms with E-state index in [9.17, 15) is 23.1 Å². The number of rotatable bonds is 6. The first-order valence-corrected chi connectivity index (χ1v) is 10.1. The number of aliphatic carboxylic acids is 1. The van der Waals surface area contributed by atoms with E-state index in [1.54, 1.807) is 0 Å². The van der Waals surface area contributed by atoms with Crippen LogP contribution in [0.5, 0.6) is 0 Å². The average Bonchev–Trinajstić information content (AvgIpc) is 3.20. The van der Waals surface area contributed by atoms with Gasteiger partial charge in [0.2, 0.25) is 10.0 Å². The number of methoxy groups -OCH3 is 2. The molecule has 9 heteroatoms. The molecule has 0 aromatic heterocycles. The molecule has 0 unspecified atom stereocenters. The summed E-state index contributed by atoms with van der Waals surface area (Å²) < 4.78 is 37.4. The molecule has 0 radical (unpaired) electrons. The fourth-order valence-corrected chi connectivity index (χ4v) is 5.87. The van der Waals surface area contributed by atoms with Gasteiger partial charge in [0.1, 0.15) is 0 Å². The Hall–Kier alpha value is -1.97. The van der Waals surface area contributed by atoms with E-state index in [1.807, 2.05) is 0 Å². The minimum absolute atomic E-state index is 0.0442. The molecule has 8 nitrogen and oxygen atoms in total. The lowest BCUT2D eigenvalue weighted by Crippen LogP contribution is -2.37. The largest absolute Gasteiger partial charge is 0.481 e. The third-order valence-electron chi connectivity index (χ3n) is 5.60. The number of benzene rings is 1. The van der Waals surface area contributed by atoms with Crippen LogP contribution in [0.2, 0.25) is 0 Å². The van der Waals surface area contributed by atoms with Crippen LogP contribution in [0, 0.1) is 11.3 Å². The van der Waals surface area contributed by atoms with Crippen molar-refractivity contribution < 1.29 is 32.6 Å². The maximum Gasteiger partial charge on any atom is 0.337 e. The van der Waals surface area contributed by atoms with Gasteiger partial charge >= 0.3 is 11.9 Å². The summed E-state index contributed by atoms with van der Waals surface area (Å²) in [6.45, 7) is 0.267. The predicted octanol–water partition coefficient (Wildman–Crippen LogP) is 1.50. The summed E-state index contributed by atoms with van der Waals surface area (Å²) >= 11 is 0. The predicted molar refractivity (Wildman–Crippen MR) is 94.7 cm³/mol. The number of nitrogens with zero attached hydrogens (tertiary/aromatic N) is 1. The second kappa shape index (κ2) is 7.21. The normalized spacial score (nSPS) is 25.3. The summed E-state index contributed by atoms with van der Waals surface area (Å²) in [6, 6.07) is 4.24. The van der Waals surface area contributed by atoms with Gasteiger partial charge in [-0.05, 0) is 42.5 Å². The molecule has 2 fully saturated rings. The van der Waals surface area contributed by atoms with E-state index in [4.69, 9.17) is 9.47 Å². The molecule has 1 N–H and O–H groups in total. The number of hydrogen-bond acceptors (Lipinski definition) is 6. The van der Waals surface area contributed by atoms with Crippen LogP contribution in [-0.2, 0) is 30.9 Å². The highest BCUT2D eigenvalue weighted by molar-refractivity contribution is 7.89. The van der Waals surface area contributed by atoms with Gasteiger partial charge in [-0.1, -0.05) is 6.42 Å². The van der Waals surface area contributed by atoms with Crippen LogP contribution in [0.15, 0.2) is 23.1 Å². The highest BCUT2D eigenvalue weighted by Gasteiger charge is 2.57. The van der Waals surface area contributed by atoms with Crippen LogP contribution in [0.4, 0.5) is 0 Å². The summed E-state index contributed by atoms with van der Waals surface area (Å²) in [6.07, 6.45) is 1.98. The first-order valence-electron chi connectivity index (χ1n) is 8.69. The van der Waals surface area contributed by atoms with Gasteiger partial charge in [0, 0.05) is 20.2 Å².